The molecule has 3 aromatic rings. The summed E-state index contributed by atoms with van der Waals surface area (Å²) < 4.78 is 77.3. The van der Waals surface area contributed by atoms with E-state index >= 15 is 0 Å². The van der Waals surface area contributed by atoms with E-state index in [9.17, 15) is 26.7 Å². The molecule has 0 bridgehead atoms. The zero-order valence-corrected chi connectivity index (χ0v) is 19.4. The summed E-state index contributed by atoms with van der Waals surface area (Å²) in [6, 6.07) is 7.94. The number of nitrogens with zero attached hydrogens (tertiary/aromatic N) is 2. The van der Waals surface area contributed by atoms with Crippen molar-refractivity contribution in [2.24, 2.45) is 0 Å². The molecule has 2 aromatic carbocycles. The zero-order valence-electron chi connectivity index (χ0n) is 17.9. The lowest BCUT2D eigenvalue weighted by Crippen LogP contribution is -2.48. The summed E-state index contributed by atoms with van der Waals surface area (Å²) in [6.45, 7) is 1.95. The van der Waals surface area contributed by atoms with Crippen LogP contribution in [0.25, 0.3) is 0 Å². The number of piperazine rings is 1. The van der Waals surface area contributed by atoms with E-state index in [0.29, 0.717) is 42.8 Å². The largest absolute Gasteiger partial charge is 0.479 e. The fraction of sp³-hybridized carbons (Fsp3) is 0.261. The summed E-state index contributed by atoms with van der Waals surface area (Å²) in [5.74, 6) is -12.6. The van der Waals surface area contributed by atoms with Crippen molar-refractivity contribution in [2.75, 3.05) is 26.2 Å². The molecule has 0 aliphatic carbocycles. The first-order valence-electron chi connectivity index (χ1n) is 10.3. The molecule has 5 nitrogen and oxygen atoms in total. The van der Waals surface area contributed by atoms with E-state index in [1.165, 1.54) is 12.1 Å². The third kappa shape index (κ3) is 5.39. The van der Waals surface area contributed by atoms with E-state index < -0.39 is 47.3 Å². The third-order valence-corrected chi connectivity index (χ3v) is 6.06. The SMILES string of the molecule is O=C(c1ccc(COc2c(F)c(F)c(F)c(F)c2F)o1)N1CCN(Cc2ccc(Cl)cc2Cl)CC1. The van der Waals surface area contributed by atoms with Crippen molar-refractivity contribution in [1.82, 2.24) is 9.80 Å². The van der Waals surface area contributed by atoms with Crippen LogP contribution in [0.5, 0.6) is 5.75 Å². The summed E-state index contributed by atoms with van der Waals surface area (Å²) >= 11 is 12.1. The van der Waals surface area contributed by atoms with E-state index in [0.717, 1.165) is 5.56 Å². The molecule has 0 saturated carbocycles. The standard InChI is InChI=1S/C23H17Cl2F5N2O3/c24-13-2-1-12(15(25)9-13)10-31-5-7-32(8-6-31)23(33)16-4-3-14(35-16)11-34-22-20(29)18(27)17(26)19(28)21(22)30/h1-4,9H,5-8,10-11H2. The van der Waals surface area contributed by atoms with Gasteiger partial charge in [-0.25, -0.2) is 13.2 Å². The molecule has 1 saturated heterocycles. The molecule has 1 amide bonds. The van der Waals surface area contributed by atoms with Gasteiger partial charge in [0.15, 0.2) is 11.5 Å². The molecule has 1 aromatic heterocycles. The minimum atomic E-state index is -2.28. The predicted molar refractivity (Wildman–Crippen MR) is 117 cm³/mol. The van der Waals surface area contributed by atoms with Crippen molar-refractivity contribution >= 4 is 29.1 Å². The molecular formula is C23H17Cl2F5N2O3. The van der Waals surface area contributed by atoms with Gasteiger partial charge in [0.05, 0.1) is 0 Å². The van der Waals surface area contributed by atoms with Gasteiger partial charge in [0.25, 0.3) is 5.91 Å². The number of rotatable bonds is 6. The third-order valence-electron chi connectivity index (χ3n) is 5.47. The molecule has 1 aliphatic heterocycles. The highest BCUT2D eigenvalue weighted by atomic mass is 35.5. The van der Waals surface area contributed by atoms with Crippen LogP contribution in [0.3, 0.4) is 0 Å². The summed E-state index contributed by atoms with van der Waals surface area (Å²) in [7, 11) is 0. The van der Waals surface area contributed by atoms with Gasteiger partial charge in [0, 0.05) is 42.8 Å². The molecule has 2 heterocycles. The number of ether oxygens (including phenoxy) is 1. The van der Waals surface area contributed by atoms with E-state index in [-0.39, 0.29) is 11.5 Å². The molecule has 0 N–H and O–H groups in total. The normalized spacial score (nSPS) is 14.4. The van der Waals surface area contributed by atoms with Crippen molar-refractivity contribution < 1.29 is 35.9 Å². The molecule has 186 valence electrons. The first-order valence-corrected chi connectivity index (χ1v) is 11.1. The van der Waals surface area contributed by atoms with Gasteiger partial charge in [-0.3, -0.25) is 9.69 Å². The topological polar surface area (TPSA) is 45.9 Å². The van der Waals surface area contributed by atoms with Crippen molar-refractivity contribution in [3.8, 4) is 5.75 Å². The quantitative estimate of drug-likeness (QED) is 0.227. The lowest BCUT2D eigenvalue weighted by molar-refractivity contribution is 0.0594. The van der Waals surface area contributed by atoms with Crippen LogP contribution in [0.4, 0.5) is 22.0 Å². The Kier molecular flexibility index (Phi) is 7.53. The van der Waals surface area contributed by atoms with Crippen LogP contribution >= 0.6 is 23.2 Å². The Morgan fingerprint density at radius 3 is 2.14 bits per heavy atom. The maximum absolute atomic E-state index is 13.7. The highest BCUT2D eigenvalue weighted by molar-refractivity contribution is 6.35. The van der Waals surface area contributed by atoms with Gasteiger partial charge in [-0.05, 0) is 29.8 Å². The van der Waals surface area contributed by atoms with Crippen LogP contribution in [0.15, 0.2) is 34.7 Å². The molecular weight excluding hydrogens is 518 g/mol. The first-order chi connectivity index (χ1) is 16.7. The number of furan rings is 1. The molecule has 0 unspecified atom stereocenters. The van der Waals surface area contributed by atoms with Crippen LogP contribution in [-0.4, -0.2) is 41.9 Å². The second-order valence-electron chi connectivity index (χ2n) is 7.76. The number of hydrogen-bond acceptors (Lipinski definition) is 4. The molecule has 0 spiro atoms. The lowest BCUT2D eigenvalue weighted by Gasteiger charge is -2.34. The average molecular weight is 535 g/mol. The van der Waals surface area contributed by atoms with Crippen LogP contribution in [0.1, 0.15) is 21.9 Å². The maximum atomic E-state index is 13.7. The molecule has 1 aliphatic rings. The number of halogens is 7. The Hall–Kier alpha value is -2.82. The highest BCUT2D eigenvalue weighted by Crippen LogP contribution is 2.30. The Labute approximate surface area is 206 Å². The second-order valence-corrected chi connectivity index (χ2v) is 8.60. The lowest BCUT2D eigenvalue weighted by atomic mass is 10.2. The van der Waals surface area contributed by atoms with Crippen molar-refractivity contribution in [3.05, 3.63) is 86.5 Å². The van der Waals surface area contributed by atoms with Gasteiger partial charge in [-0.2, -0.15) is 8.78 Å². The van der Waals surface area contributed by atoms with Crippen LogP contribution in [0, 0.1) is 29.1 Å². The smallest absolute Gasteiger partial charge is 0.289 e. The van der Waals surface area contributed by atoms with Crippen molar-refractivity contribution in [2.45, 2.75) is 13.2 Å². The molecule has 0 radical (unpaired) electrons. The Bertz CT molecular complexity index is 1230. The Morgan fingerprint density at radius 2 is 1.51 bits per heavy atom. The Morgan fingerprint density at radius 1 is 0.886 bits per heavy atom. The fourth-order valence-electron chi connectivity index (χ4n) is 3.58. The fourth-order valence-corrected chi connectivity index (χ4v) is 4.05. The number of carbonyl (C=O) groups is 1. The van der Waals surface area contributed by atoms with E-state index in [2.05, 4.69) is 4.90 Å². The van der Waals surface area contributed by atoms with E-state index in [1.54, 1.807) is 17.0 Å². The van der Waals surface area contributed by atoms with E-state index in [1.807, 2.05) is 6.07 Å². The highest BCUT2D eigenvalue weighted by Gasteiger charge is 2.28. The van der Waals surface area contributed by atoms with E-state index in [4.69, 9.17) is 32.4 Å². The summed E-state index contributed by atoms with van der Waals surface area (Å²) in [5, 5.41) is 1.11. The predicted octanol–water partition coefficient (Wildman–Crippen LogP) is 5.82. The zero-order chi connectivity index (χ0) is 25.3. The van der Waals surface area contributed by atoms with Crippen molar-refractivity contribution in [1.29, 1.82) is 0 Å². The molecule has 1 fully saturated rings. The van der Waals surface area contributed by atoms with Gasteiger partial charge in [-0.15, -0.1) is 0 Å². The number of carbonyl (C=O) groups excluding carboxylic acids is 1. The summed E-state index contributed by atoms with van der Waals surface area (Å²) in [6.07, 6.45) is 0. The van der Waals surface area contributed by atoms with Gasteiger partial charge in [-0.1, -0.05) is 29.3 Å². The summed E-state index contributed by atoms with van der Waals surface area (Å²) in [4.78, 5) is 16.5. The van der Waals surface area contributed by atoms with Crippen LogP contribution in [-0.2, 0) is 13.2 Å². The first kappa shape index (κ1) is 25.3. The summed E-state index contributed by atoms with van der Waals surface area (Å²) in [5.41, 5.74) is 0.917. The van der Waals surface area contributed by atoms with Gasteiger partial charge in [0.2, 0.25) is 29.1 Å². The second kappa shape index (κ2) is 10.4. The van der Waals surface area contributed by atoms with Gasteiger partial charge >= 0.3 is 0 Å². The number of benzene rings is 2. The monoisotopic (exact) mass is 534 g/mol. The van der Waals surface area contributed by atoms with Crippen LogP contribution in [0.2, 0.25) is 10.0 Å². The molecule has 35 heavy (non-hydrogen) atoms. The average Bonchev–Trinajstić information content (AvgIpc) is 3.32. The maximum Gasteiger partial charge on any atom is 0.289 e. The van der Waals surface area contributed by atoms with Crippen LogP contribution < -0.4 is 4.74 Å². The van der Waals surface area contributed by atoms with Gasteiger partial charge < -0.3 is 14.1 Å². The number of amides is 1. The Balaban J connectivity index is 1.34. The molecule has 0 atom stereocenters. The minimum Gasteiger partial charge on any atom is -0.479 e. The van der Waals surface area contributed by atoms with Crippen molar-refractivity contribution in [3.63, 3.8) is 0 Å². The molecule has 4 rings (SSSR count). The molecule has 12 heteroatoms. The minimum absolute atomic E-state index is 0.0340. The van der Waals surface area contributed by atoms with Gasteiger partial charge in [0.1, 0.15) is 12.4 Å². The number of hydrogen-bond donors (Lipinski definition) is 0.